The number of ether oxygens (including phenoxy) is 2. The van der Waals surface area contributed by atoms with E-state index in [4.69, 9.17) is 9.47 Å². The molecular weight excluding hydrogens is 252 g/mol. The second kappa shape index (κ2) is 7.08. The molecule has 1 aliphatic rings. The van der Waals surface area contributed by atoms with Gasteiger partial charge < -0.3 is 9.47 Å². The lowest BCUT2D eigenvalue weighted by Gasteiger charge is -2.25. The van der Waals surface area contributed by atoms with E-state index in [2.05, 4.69) is 0 Å². The molecule has 0 spiro atoms. The lowest BCUT2D eigenvalue weighted by molar-refractivity contribution is -0.145. The molecule has 108 valence electrons. The zero-order valence-corrected chi connectivity index (χ0v) is 11.5. The molecule has 0 aromatic rings. The Kier molecular flexibility index (Phi) is 5.75. The van der Waals surface area contributed by atoms with E-state index in [0.29, 0.717) is 6.61 Å². The van der Waals surface area contributed by atoms with Crippen LogP contribution in [0.2, 0.25) is 0 Å². The Labute approximate surface area is 112 Å². The summed E-state index contributed by atoms with van der Waals surface area (Å²) in [5.74, 6) is -0.742. The number of nitrogens with zero attached hydrogens (tertiary/aromatic N) is 2. The standard InChI is InChI=1S/C12H20N2O5/c1-4-18-11(16)8-13(9(2)3)7-10(15)14-5-6-19-12(14)17/h9H,4-8H2,1-3H3. The molecule has 0 saturated carbocycles. The predicted molar refractivity (Wildman–Crippen MR) is 66.4 cm³/mol. The van der Waals surface area contributed by atoms with Gasteiger partial charge in [0, 0.05) is 6.04 Å². The molecule has 0 aromatic carbocycles. The van der Waals surface area contributed by atoms with Gasteiger partial charge in [-0.05, 0) is 20.8 Å². The van der Waals surface area contributed by atoms with Crippen LogP contribution in [0.15, 0.2) is 0 Å². The second-order valence-electron chi connectivity index (χ2n) is 4.46. The molecule has 1 heterocycles. The molecule has 7 nitrogen and oxygen atoms in total. The first-order chi connectivity index (χ1) is 8.95. The molecule has 0 N–H and O–H groups in total. The molecule has 0 atom stereocenters. The Bertz CT molecular complexity index is 356. The summed E-state index contributed by atoms with van der Waals surface area (Å²) in [6.45, 7) is 6.28. The van der Waals surface area contributed by atoms with Crippen LogP contribution in [-0.2, 0) is 19.1 Å². The highest BCUT2D eigenvalue weighted by molar-refractivity contribution is 5.94. The number of esters is 1. The van der Waals surface area contributed by atoms with E-state index in [1.807, 2.05) is 13.8 Å². The zero-order valence-electron chi connectivity index (χ0n) is 11.5. The van der Waals surface area contributed by atoms with Crippen LogP contribution in [-0.4, -0.2) is 66.7 Å². The highest BCUT2D eigenvalue weighted by Crippen LogP contribution is 2.06. The first-order valence-electron chi connectivity index (χ1n) is 6.32. The largest absolute Gasteiger partial charge is 0.465 e. The van der Waals surface area contributed by atoms with Gasteiger partial charge in [-0.3, -0.25) is 14.5 Å². The molecule has 1 saturated heterocycles. The lowest BCUT2D eigenvalue weighted by atomic mass is 10.3. The number of hydrogen-bond acceptors (Lipinski definition) is 6. The summed E-state index contributed by atoms with van der Waals surface area (Å²) in [7, 11) is 0. The normalized spacial score (nSPS) is 15.0. The fourth-order valence-corrected chi connectivity index (χ4v) is 1.67. The number of rotatable bonds is 6. The minimum atomic E-state index is -0.621. The number of carbonyl (C=O) groups excluding carboxylic acids is 3. The van der Waals surface area contributed by atoms with Crippen molar-refractivity contribution < 1.29 is 23.9 Å². The fourth-order valence-electron chi connectivity index (χ4n) is 1.67. The maximum atomic E-state index is 11.9. The predicted octanol–water partition coefficient (Wildman–Crippen LogP) is 0.239. The highest BCUT2D eigenvalue weighted by atomic mass is 16.6. The first-order valence-corrected chi connectivity index (χ1v) is 6.32. The summed E-state index contributed by atoms with van der Waals surface area (Å²) < 4.78 is 9.56. The molecule has 1 fully saturated rings. The molecule has 0 aromatic heterocycles. The van der Waals surface area contributed by atoms with E-state index < -0.39 is 6.09 Å². The van der Waals surface area contributed by atoms with Gasteiger partial charge >= 0.3 is 12.1 Å². The SMILES string of the molecule is CCOC(=O)CN(CC(=O)N1CCOC1=O)C(C)C. The van der Waals surface area contributed by atoms with Crippen LogP contribution in [0.3, 0.4) is 0 Å². The topological polar surface area (TPSA) is 76.2 Å². The number of carbonyl (C=O) groups is 3. The Morgan fingerprint density at radius 1 is 1.42 bits per heavy atom. The monoisotopic (exact) mass is 272 g/mol. The number of hydrogen-bond donors (Lipinski definition) is 0. The van der Waals surface area contributed by atoms with Crippen LogP contribution >= 0.6 is 0 Å². The van der Waals surface area contributed by atoms with Crippen molar-refractivity contribution in [2.45, 2.75) is 26.8 Å². The van der Waals surface area contributed by atoms with Gasteiger partial charge in [-0.2, -0.15) is 0 Å². The van der Waals surface area contributed by atoms with Gasteiger partial charge in [0.1, 0.15) is 6.61 Å². The van der Waals surface area contributed by atoms with Crippen molar-refractivity contribution in [1.82, 2.24) is 9.80 Å². The van der Waals surface area contributed by atoms with Crippen LogP contribution in [0.1, 0.15) is 20.8 Å². The molecule has 2 amide bonds. The third-order valence-corrected chi connectivity index (χ3v) is 2.77. The summed E-state index contributed by atoms with van der Waals surface area (Å²) in [4.78, 5) is 37.4. The van der Waals surface area contributed by atoms with Crippen LogP contribution in [0.4, 0.5) is 4.79 Å². The molecule has 1 aliphatic heterocycles. The summed E-state index contributed by atoms with van der Waals surface area (Å²) in [5.41, 5.74) is 0. The maximum absolute atomic E-state index is 11.9. The molecule has 7 heteroatoms. The average molecular weight is 272 g/mol. The molecule has 19 heavy (non-hydrogen) atoms. The average Bonchev–Trinajstić information content (AvgIpc) is 2.74. The smallest absolute Gasteiger partial charge is 0.416 e. The van der Waals surface area contributed by atoms with Gasteiger partial charge in [0.15, 0.2) is 0 Å². The van der Waals surface area contributed by atoms with E-state index in [1.165, 1.54) is 0 Å². The van der Waals surface area contributed by atoms with Gasteiger partial charge in [0.2, 0.25) is 5.91 Å². The van der Waals surface area contributed by atoms with Gasteiger partial charge in [0.05, 0.1) is 26.2 Å². The minimum Gasteiger partial charge on any atom is -0.465 e. The van der Waals surface area contributed by atoms with Crippen molar-refractivity contribution in [3.63, 3.8) is 0 Å². The van der Waals surface area contributed by atoms with Crippen LogP contribution in [0, 0.1) is 0 Å². The van der Waals surface area contributed by atoms with Crippen LogP contribution in [0.5, 0.6) is 0 Å². The van der Waals surface area contributed by atoms with Crippen LogP contribution in [0.25, 0.3) is 0 Å². The van der Waals surface area contributed by atoms with Gasteiger partial charge in [-0.25, -0.2) is 9.69 Å². The van der Waals surface area contributed by atoms with E-state index >= 15 is 0 Å². The number of imide groups is 1. The van der Waals surface area contributed by atoms with Crippen molar-refractivity contribution in [1.29, 1.82) is 0 Å². The van der Waals surface area contributed by atoms with Crippen molar-refractivity contribution in [3.05, 3.63) is 0 Å². The van der Waals surface area contributed by atoms with Crippen molar-refractivity contribution in [3.8, 4) is 0 Å². The fraction of sp³-hybridized carbons (Fsp3) is 0.750. The molecular formula is C12H20N2O5. The van der Waals surface area contributed by atoms with Crippen LogP contribution < -0.4 is 0 Å². The maximum Gasteiger partial charge on any atom is 0.416 e. The van der Waals surface area contributed by atoms with Gasteiger partial charge in [0.25, 0.3) is 0 Å². The van der Waals surface area contributed by atoms with E-state index in [0.717, 1.165) is 4.90 Å². The highest BCUT2D eigenvalue weighted by Gasteiger charge is 2.30. The lowest BCUT2D eigenvalue weighted by Crippen LogP contribution is -2.45. The first kappa shape index (κ1) is 15.4. The summed E-state index contributed by atoms with van der Waals surface area (Å²) in [5, 5.41) is 0. The molecule has 1 rings (SSSR count). The van der Waals surface area contributed by atoms with Crippen molar-refractivity contribution >= 4 is 18.0 Å². The van der Waals surface area contributed by atoms with Gasteiger partial charge in [-0.1, -0.05) is 0 Å². The third kappa shape index (κ3) is 4.51. The number of amides is 2. The quantitative estimate of drug-likeness (QED) is 0.645. The Hall–Kier alpha value is -1.63. The Morgan fingerprint density at radius 2 is 2.11 bits per heavy atom. The Morgan fingerprint density at radius 3 is 2.58 bits per heavy atom. The Balaban J connectivity index is 2.55. The number of cyclic esters (lactones) is 1. The zero-order chi connectivity index (χ0) is 14.4. The molecule has 0 aliphatic carbocycles. The minimum absolute atomic E-state index is 0.00743. The van der Waals surface area contributed by atoms with Gasteiger partial charge in [-0.15, -0.1) is 0 Å². The summed E-state index contributed by atoms with van der Waals surface area (Å²) >= 11 is 0. The molecule has 0 bridgehead atoms. The molecule has 0 radical (unpaired) electrons. The molecule has 0 unspecified atom stereocenters. The third-order valence-electron chi connectivity index (χ3n) is 2.77. The van der Waals surface area contributed by atoms with E-state index in [9.17, 15) is 14.4 Å². The van der Waals surface area contributed by atoms with Crippen molar-refractivity contribution in [2.75, 3.05) is 32.8 Å². The second-order valence-corrected chi connectivity index (χ2v) is 4.46. The van der Waals surface area contributed by atoms with Crippen molar-refractivity contribution in [2.24, 2.45) is 0 Å². The summed E-state index contributed by atoms with van der Waals surface area (Å²) in [6.07, 6.45) is -0.621. The van der Waals surface area contributed by atoms with E-state index in [-0.39, 0.29) is 44.2 Å². The summed E-state index contributed by atoms with van der Waals surface area (Å²) in [6, 6.07) is -0.00743. The van der Waals surface area contributed by atoms with E-state index in [1.54, 1.807) is 11.8 Å².